The van der Waals surface area contributed by atoms with Gasteiger partial charge in [-0.1, -0.05) is 5.16 Å². The van der Waals surface area contributed by atoms with Gasteiger partial charge in [-0.25, -0.2) is 0 Å². The maximum Gasteiger partial charge on any atom is 0.170 e. The van der Waals surface area contributed by atoms with E-state index in [-0.39, 0.29) is 12.4 Å². The number of nitrogens with zero attached hydrogens (tertiary/aromatic N) is 2. The van der Waals surface area contributed by atoms with Crippen molar-refractivity contribution in [1.29, 1.82) is 0 Å². The fraction of sp³-hybridized carbons (Fsp3) is 0.462. The van der Waals surface area contributed by atoms with Crippen molar-refractivity contribution in [2.75, 3.05) is 24.6 Å². The molecule has 1 aromatic rings. The van der Waals surface area contributed by atoms with Crippen molar-refractivity contribution in [3.8, 4) is 0 Å². The molecule has 0 amide bonds. The van der Waals surface area contributed by atoms with Crippen molar-refractivity contribution >= 4 is 27.5 Å². The zero-order chi connectivity index (χ0) is 13.8. The van der Waals surface area contributed by atoms with Gasteiger partial charge in [-0.3, -0.25) is 0 Å². The van der Waals surface area contributed by atoms with E-state index in [1.807, 2.05) is 18.2 Å². The zero-order valence-electron chi connectivity index (χ0n) is 10.6. The average Bonchev–Trinajstić information content (AvgIpc) is 2.86. The molecule has 0 aliphatic carbocycles. The molecule has 0 bridgehead atoms. The molecule has 1 aliphatic heterocycles. The third-order valence-electron chi connectivity index (χ3n) is 3.52. The summed E-state index contributed by atoms with van der Waals surface area (Å²) in [5, 5.41) is 20.6. The Hall–Kier alpha value is -1.27. The first-order valence-electron chi connectivity index (χ1n) is 6.29. The number of aliphatic hydroxyl groups excluding tert-OH is 1. The minimum Gasteiger partial charge on any atom is -0.409 e. The average molecular weight is 328 g/mol. The van der Waals surface area contributed by atoms with E-state index >= 15 is 0 Å². The number of benzene rings is 1. The summed E-state index contributed by atoms with van der Waals surface area (Å²) >= 11 is 3.53. The lowest BCUT2D eigenvalue weighted by atomic mass is 10.1. The lowest BCUT2D eigenvalue weighted by molar-refractivity contribution is 0.263. The third-order valence-corrected chi connectivity index (χ3v) is 4.15. The van der Waals surface area contributed by atoms with Gasteiger partial charge >= 0.3 is 0 Å². The van der Waals surface area contributed by atoms with Crippen molar-refractivity contribution in [3.05, 3.63) is 28.2 Å². The van der Waals surface area contributed by atoms with Crippen LogP contribution in [0.3, 0.4) is 0 Å². The predicted molar refractivity (Wildman–Crippen MR) is 78.7 cm³/mol. The van der Waals surface area contributed by atoms with Gasteiger partial charge in [-0.2, -0.15) is 0 Å². The molecule has 1 unspecified atom stereocenters. The molecular weight excluding hydrogens is 310 g/mol. The normalized spacial score (nSPS) is 20.0. The standard InChI is InChI=1S/C13H18BrN3O2/c14-11-7-10(13(15)16-19)1-2-12(11)17-5-3-9(8-17)4-6-18/h1-2,7,9,18-19H,3-6,8H2,(H2,15,16). The van der Waals surface area contributed by atoms with E-state index in [4.69, 9.17) is 16.0 Å². The van der Waals surface area contributed by atoms with Crippen molar-refractivity contribution in [1.82, 2.24) is 0 Å². The Morgan fingerprint density at radius 1 is 1.53 bits per heavy atom. The molecule has 0 saturated carbocycles. The molecule has 1 aliphatic rings. The Kier molecular flexibility index (Phi) is 4.66. The van der Waals surface area contributed by atoms with Gasteiger partial charge in [0, 0.05) is 29.7 Å². The Morgan fingerprint density at radius 3 is 2.95 bits per heavy atom. The fourth-order valence-electron chi connectivity index (χ4n) is 2.45. The Balaban J connectivity index is 2.14. The smallest absolute Gasteiger partial charge is 0.170 e. The highest BCUT2D eigenvalue weighted by molar-refractivity contribution is 9.10. The maximum atomic E-state index is 8.98. The van der Waals surface area contributed by atoms with E-state index in [1.165, 1.54) is 0 Å². The van der Waals surface area contributed by atoms with E-state index < -0.39 is 0 Å². The lowest BCUT2D eigenvalue weighted by Crippen LogP contribution is -2.21. The van der Waals surface area contributed by atoms with Gasteiger partial charge in [0.1, 0.15) is 0 Å². The van der Waals surface area contributed by atoms with Crippen molar-refractivity contribution < 1.29 is 10.3 Å². The number of anilines is 1. The monoisotopic (exact) mass is 327 g/mol. The molecule has 1 aromatic carbocycles. The molecule has 4 N–H and O–H groups in total. The molecule has 1 fully saturated rings. The summed E-state index contributed by atoms with van der Waals surface area (Å²) in [7, 11) is 0. The fourth-order valence-corrected chi connectivity index (χ4v) is 3.08. The van der Waals surface area contributed by atoms with Crippen LogP contribution in [0.5, 0.6) is 0 Å². The summed E-state index contributed by atoms with van der Waals surface area (Å²) in [5.74, 6) is 0.660. The summed E-state index contributed by atoms with van der Waals surface area (Å²) in [6.07, 6.45) is 1.96. The molecule has 104 valence electrons. The number of nitrogens with two attached hydrogens (primary N) is 1. The highest BCUT2D eigenvalue weighted by Gasteiger charge is 2.23. The van der Waals surface area contributed by atoms with E-state index in [0.717, 1.165) is 36.1 Å². The molecule has 2 rings (SSSR count). The van der Waals surface area contributed by atoms with E-state index in [0.29, 0.717) is 11.5 Å². The maximum absolute atomic E-state index is 8.98. The quantitative estimate of drug-likeness (QED) is 0.340. The molecule has 19 heavy (non-hydrogen) atoms. The molecule has 1 heterocycles. The number of hydrogen-bond donors (Lipinski definition) is 3. The SMILES string of the molecule is N/C(=N/O)c1ccc(N2CCC(CCO)C2)c(Br)c1. The summed E-state index contributed by atoms with van der Waals surface area (Å²) in [6, 6.07) is 5.66. The first-order valence-corrected chi connectivity index (χ1v) is 7.08. The van der Waals surface area contributed by atoms with Crippen LogP contribution in [0.4, 0.5) is 5.69 Å². The number of amidine groups is 1. The molecule has 1 atom stereocenters. The third kappa shape index (κ3) is 3.19. The van der Waals surface area contributed by atoms with Crippen molar-refractivity contribution in [2.24, 2.45) is 16.8 Å². The lowest BCUT2D eigenvalue weighted by Gasteiger charge is -2.20. The van der Waals surface area contributed by atoms with Crippen LogP contribution in [-0.2, 0) is 0 Å². The van der Waals surface area contributed by atoms with Crippen LogP contribution >= 0.6 is 15.9 Å². The molecule has 1 saturated heterocycles. The molecule has 0 aromatic heterocycles. The van der Waals surface area contributed by atoms with Crippen LogP contribution < -0.4 is 10.6 Å². The molecule has 5 nitrogen and oxygen atoms in total. The number of rotatable bonds is 4. The number of aliphatic hydroxyl groups is 1. The largest absolute Gasteiger partial charge is 0.409 e. The van der Waals surface area contributed by atoms with Gasteiger partial charge in [0.15, 0.2) is 5.84 Å². The first-order chi connectivity index (χ1) is 9.15. The Bertz CT molecular complexity index is 479. The first kappa shape index (κ1) is 14.1. The minimum atomic E-state index is 0.104. The van der Waals surface area contributed by atoms with Crippen LogP contribution in [-0.4, -0.2) is 35.8 Å². The second-order valence-corrected chi connectivity index (χ2v) is 5.62. The van der Waals surface area contributed by atoms with E-state index in [1.54, 1.807) is 0 Å². The minimum absolute atomic E-state index is 0.104. The summed E-state index contributed by atoms with van der Waals surface area (Å²) in [5.41, 5.74) is 7.36. The Labute approximate surface area is 120 Å². The molecule has 6 heteroatoms. The highest BCUT2D eigenvalue weighted by Crippen LogP contribution is 2.32. The molecular formula is C13H18BrN3O2. The van der Waals surface area contributed by atoms with E-state index in [2.05, 4.69) is 26.0 Å². The van der Waals surface area contributed by atoms with Crippen LogP contribution in [0.1, 0.15) is 18.4 Å². The molecule has 0 radical (unpaired) electrons. The van der Waals surface area contributed by atoms with E-state index in [9.17, 15) is 0 Å². The van der Waals surface area contributed by atoms with Gasteiger partial charge in [-0.05, 0) is 52.9 Å². The molecule has 0 spiro atoms. The number of oxime groups is 1. The summed E-state index contributed by atoms with van der Waals surface area (Å²) in [6.45, 7) is 2.20. The van der Waals surface area contributed by atoms with Gasteiger partial charge in [0.25, 0.3) is 0 Å². The van der Waals surface area contributed by atoms with Crippen LogP contribution in [0.15, 0.2) is 27.8 Å². The number of halogens is 1. The van der Waals surface area contributed by atoms with Crippen molar-refractivity contribution in [3.63, 3.8) is 0 Å². The van der Waals surface area contributed by atoms with Gasteiger partial charge in [-0.15, -0.1) is 0 Å². The van der Waals surface area contributed by atoms with Crippen LogP contribution in [0.25, 0.3) is 0 Å². The number of hydrogen-bond acceptors (Lipinski definition) is 4. The van der Waals surface area contributed by atoms with Crippen LogP contribution in [0, 0.1) is 5.92 Å². The highest BCUT2D eigenvalue weighted by atomic mass is 79.9. The van der Waals surface area contributed by atoms with Gasteiger partial charge in [0.05, 0.1) is 5.69 Å². The summed E-state index contributed by atoms with van der Waals surface area (Å²) in [4.78, 5) is 2.29. The second-order valence-electron chi connectivity index (χ2n) is 4.76. The van der Waals surface area contributed by atoms with Crippen molar-refractivity contribution in [2.45, 2.75) is 12.8 Å². The van der Waals surface area contributed by atoms with Crippen LogP contribution in [0.2, 0.25) is 0 Å². The van der Waals surface area contributed by atoms with Gasteiger partial charge < -0.3 is 20.9 Å². The predicted octanol–water partition coefficient (Wildman–Crippen LogP) is 1.75. The second kappa shape index (κ2) is 6.25. The Morgan fingerprint density at radius 2 is 2.32 bits per heavy atom. The van der Waals surface area contributed by atoms with Gasteiger partial charge in [0.2, 0.25) is 0 Å². The summed E-state index contributed by atoms with van der Waals surface area (Å²) < 4.78 is 0.932. The topological polar surface area (TPSA) is 82.1 Å². The zero-order valence-corrected chi connectivity index (χ0v) is 12.2.